The van der Waals surface area contributed by atoms with Crippen molar-refractivity contribution in [2.75, 3.05) is 0 Å². The summed E-state index contributed by atoms with van der Waals surface area (Å²) in [5.41, 5.74) is 3.18. The van der Waals surface area contributed by atoms with Crippen molar-refractivity contribution in [2.24, 2.45) is 0 Å². The Kier molecular flexibility index (Phi) is 3.49. The molecule has 1 aliphatic carbocycles. The molecule has 0 amide bonds. The standard InChI is InChI=1S/C21H20N2O2/c1-3-21(2)13-14-9-7-8-12-16(14)18-17(21)19(24)23(20(25)22-18)15-10-5-4-6-11-15/h4-12H,3,13H2,1-2H3,(H,22,25)/t21-/m0/s1. The first-order chi connectivity index (χ1) is 12.0. The van der Waals surface area contributed by atoms with E-state index in [2.05, 4.69) is 24.9 Å². The summed E-state index contributed by atoms with van der Waals surface area (Å²) in [5, 5.41) is 0. The number of nitrogens with one attached hydrogen (secondary N) is 1. The zero-order chi connectivity index (χ0) is 17.6. The molecule has 0 unspecified atom stereocenters. The summed E-state index contributed by atoms with van der Waals surface area (Å²) in [6.07, 6.45) is 1.62. The third-order valence-electron chi connectivity index (χ3n) is 5.37. The Labute approximate surface area is 145 Å². The van der Waals surface area contributed by atoms with Crippen LogP contribution in [0.1, 0.15) is 31.4 Å². The molecular formula is C21H20N2O2. The molecule has 126 valence electrons. The lowest BCUT2D eigenvalue weighted by Gasteiger charge is -2.35. The van der Waals surface area contributed by atoms with Crippen LogP contribution in [0.25, 0.3) is 16.9 Å². The van der Waals surface area contributed by atoms with E-state index < -0.39 is 5.69 Å². The van der Waals surface area contributed by atoms with E-state index >= 15 is 0 Å². The second-order valence-corrected chi connectivity index (χ2v) is 6.90. The number of para-hydroxylation sites is 1. The zero-order valence-corrected chi connectivity index (χ0v) is 14.4. The molecule has 4 heteroatoms. The van der Waals surface area contributed by atoms with E-state index in [1.165, 1.54) is 10.1 Å². The van der Waals surface area contributed by atoms with Crippen molar-refractivity contribution in [3.63, 3.8) is 0 Å². The van der Waals surface area contributed by atoms with E-state index in [-0.39, 0.29) is 11.0 Å². The Morgan fingerprint density at radius 2 is 1.72 bits per heavy atom. The minimum absolute atomic E-state index is 0.219. The third-order valence-corrected chi connectivity index (χ3v) is 5.37. The SMILES string of the molecule is CC[C@@]1(C)Cc2ccccc2-c2[nH]c(=O)n(-c3ccccc3)c(=O)c21. The van der Waals surface area contributed by atoms with E-state index in [0.29, 0.717) is 16.9 Å². The van der Waals surface area contributed by atoms with Crippen molar-refractivity contribution in [2.45, 2.75) is 32.1 Å². The van der Waals surface area contributed by atoms with Crippen LogP contribution in [-0.4, -0.2) is 9.55 Å². The fourth-order valence-corrected chi connectivity index (χ4v) is 3.84. The van der Waals surface area contributed by atoms with Crippen molar-refractivity contribution in [1.82, 2.24) is 9.55 Å². The summed E-state index contributed by atoms with van der Waals surface area (Å²) in [6.45, 7) is 4.20. The van der Waals surface area contributed by atoms with Gasteiger partial charge in [-0.05, 0) is 30.5 Å². The van der Waals surface area contributed by atoms with E-state index in [1.54, 1.807) is 12.1 Å². The Bertz CT molecular complexity index is 1060. The van der Waals surface area contributed by atoms with Gasteiger partial charge in [0.2, 0.25) is 0 Å². The molecule has 1 aromatic heterocycles. The molecule has 1 aliphatic rings. The Balaban J connectivity index is 2.11. The summed E-state index contributed by atoms with van der Waals surface area (Å²) < 4.78 is 1.25. The van der Waals surface area contributed by atoms with E-state index in [1.807, 2.05) is 36.4 Å². The van der Waals surface area contributed by atoms with Gasteiger partial charge in [0, 0.05) is 16.5 Å². The van der Waals surface area contributed by atoms with E-state index in [0.717, 1.165) is 18.4 Å². The molecule has 3 aromatic rings. The van der Waals surface area contributed by atoms with Gasteiger partial charge in [-0.2, -0.15) is 0 Å². The Morgan fingerprint density at radius 1 is 1.04 bits per heavy atom. The summed E-state index contributed by atoms with van der Waals surface area (Å²) in [5.74, 6) is 0. The maximum atomic E-state index is 13.4. The number of nitrogens with zero attached hydrogens (tertiary/aromatic N) is 1. The average molecular weight is 332 g/mol. The van der Waals surface area contributed by atoms with Gasteiger partial charge in [0.1, 0.15) is 0 Å². The molecule has 1 N–H and O–H groups in total. The van der Waals surface area contributed by atoms with Gasteiger partial charge < -0.3 is 4.98 Å². The summed E-state index contributed by atoms with van der Waals surface area (Å²) >= 11 is 0. The first-order valence-electron chi connectivity index (χ1n) is 8.58. The molecule has 1 atom stereocenters. The fraction of sp³-hybridized carbons (Fsp3) is 0.238. The van der Waals surface area contributed by atoms with Gasteiger partial charge in [0.15, 0.2) is 0 Å². The van der Waals surface area contributed by atoms with Gasteiger partial charge in [0.05, 0.1) is 11.4 Å². The molecule has 4 nitrogen and oxygen atoms in total. The highest BCUT2D eigenvalue weighted by molar-refractivity contribution is 5.71. The van der Waals surface area contributed by atoms with Crippen LogP contribution >= 0.6 is 0 Å². The number of fused-ring (bicyclic) bond motifs is 3. The van der Waals surface area contributed by atoms with Crippen LogP contribution in [0.5, 0.6) is 0 Å². The van der Waals surface area contributed by atoms with Crippen LogP contribution in [0.2, 0.25) is 0 Å². The number of hydrogen-bond acceptors (Lipinski definition) is 2. The summed E-state index contributed by atoms with van der Waals surface area (Å²) in [4.78, 5) is 29.1. The number of hydrogen-bond donors (Lipinski definition) is 1. The molecule has 0 spiro atoms. The number of aromatic amines is 1. The second kappa shape index (κ2) is 5.59. The normalized spacial score (nSPS) is 18.5. The highest BCUT2D eigenvalue weighted by Crippen LogP contribution is 2.41. The molecule has 0 bridgehead atoms. The number of H-pyrrole nitrogens is 1. The topological polar surface area (TPSA) is 54.9 Å². The van der Waals surface area contributed by atoms with Gasteiger partial charge in [-0.25, -0.2) is 9.36 Å². The molecule has 25 heavy (non-hydrogen) atoms. The first kappa shape index (κ1) is 15.6. The van der Waals surface area contributed by atoms with Crippen LogP contribution in [0.15, 0.2) is 64.2 Å². The maximum Gasteiger partial charge on any atom is 0.333 e. The Morgan fingerprint density at radius 3 is 2.44 bits per heavy atom. The molecule has 0 saturated heterocycles. The average Bonchev–Trinajstić information content (AvgIpc) is 2.62. The van der Waals surface area contributed by atoms with E-state index in [9.17, 15) is 9.59 Å². The van der Waals surface area contributed by atoms with Gasteiger partial charge in [0.25, 0.3) is 5.56 Å². The summed E-state index contributed by atoms with van der Waals surface area (Å²) in [7, 11) is 0. The van der Waals surface area contributed by atoms with E-state index in [4.69, 9.17) is 0 Å². The molecule has 0 saturated carbocycles. The van der Waals surface area contributed by atoms with Crippen molar-refractivity contribution < 1.29 is 0 Å². The molecule has 0 radical (unpaired) electrons. The first-order valence-corrected chi connectivity index (χ1v) is 8.58. The number of benzene rings is 2. The van der Waals surface area contributed by atoms with Gasteiger partial charge >= 0.3 is 5.69 Å². The number of rotatable bonds is 2. The predicted molar refractivity (Wildman–Crippen MR) is 99.4 cm³/mol. The highest BCUT2D eigenvalue weighted by Gasteiger charge is 2.37. The minimum atomic E-state index is -0.398. The maximum absolute atomic E-state index is 13.4. The monoisotopic (exact) mass is 332 g/mol. The van der Waals surface area contributed by atoms with Crippen molar-refractivity contribution in [3.05, 3.63) is 86.6 Å². The molecule has 1 heterocycles. The van der Waals surface area contributed by atoms with Crippen molar-refractivity contribution in [1.29, 1.82) is 0 Å². The molecule has 4 rings (SSSR count). The molecule has 0 fully saturated rings. The summed E-state index contributed by atoms with van der Waals surface area (Å²) in [6, 6.07) is 17.1. The predicted octanol–water partition coefficient (Wildman–Crippen LogP) is 3.42. The number of aromatic nitrogens is 2. The molecule has 0 aliphatic heterocycles. The van der Waals surface area contributed by atoms with Gasteiger partial charge in [-0.3, -0.25) is 4.79 Å². The Hall–Kier alpha value is -2.88. The van der Waals surface area contributed by atoms with Crippen LogP contribution in [0.4, 0.5) is 0 Å². The smallest absolute Gasteiger partial charge is 0.306 e. The minimum Gasteiger partial charge on any atom is -0.306 e. The fourth-order valence-electron chi connectivity index (χ4n) is 3.84. The van der Waals surface area contributed by atoms with Crippen LogP contribution in [0.3, 0.4) is 0 Å². The quantitative estimate of drug-likeness (QED) is 0.782. The van der Waals surface area contributed by atoms with Gasteiger partial charge in [-0.15, -0.1) is 0 Å². The highest BCUT2D eigenvalue weighted by atomic mass is 16.2. The second-order valence-electron chi connectivity index (χ2n) is 6.90. The lowest BCUT2D eigenvalue weighted by molar-refractivity contribution is 0.437. The lowest BCUT2D eigenvalue weighted by Crippen LogP contribution is -2.44. The zero-order valence-electron chi connectivity index (χ0n) is 14.4. The molecular weight excluding hydrogens is 312 g/mol. The third kappa shape index (κ3) is 2.29. The van der Waals surface area contributed by atoms with Gasteiger partial charge in [-0.1, -0.05) is 56.3 Å². The van der Waals surface area contributed by atoms with Crippen LogP contribution in [-0.2, 0) is 11.8 Å². The van der Waals surface area contributed by atoms with Crippen molar-refractivity contribution >= 4 is 0 Å². The molecule has 2 aromatic carbocycles. The lowest BCUT2D eigenvalue weighted by atomic mass is 9.69. The van der Waals surface area contributed by atoms with Crippen LogP contribution in [0, 0.1) is 0 Å². The van der Waals surface area contributed by atoms with Crippen LogP contribution < -0.4 is 11.2 Å². The van der Waals surface area contributed by atoms with Crippen molar-refractivity contribution in [3.8, 4) is 16.9 Å². The largest absolute Gasteiger partial charge is 0.333 e.